The summed E-state index contributed by atoms with van der Waals surface area (Å²) in [6, 6.07) is 14.4. The van der Waals surface area contributed by atoms with Crippen molar-refractivity contribution < 1.29 is 13.2 Å². The van der Waals surface area contributed by atoms with Gasteiger partial charge in [-0.2, -0.15) is 5.10 Å². The molecule has 3 rings (SSSR count). The van der Waals surface area contributed by atoms with Crippen LogP contribution < -0.4 is 5.32 Å². The van der Waals surface area contributed by atoms with Crippen molar-refractivity contribution in [1.29, 1.82) is 0 Å². The van der Waals surface area contributed by atoms with Crippen molar-refractivity contribution in [2.24, 2.45) is 0 Å². The van der Waals surface area contributed by atoms with E-state index in [0.29, 0.717) is 5.82 Å². The molecule has 0 saturated heterocycles. The molecule has 152 valence electrons. The summed E-state index contributed by atoms with van der Waals surface area (Å²) in [5.74, 6) is -0.102. The highest BCUT2D eigenvalue weighted by Gasteiger charge is 2.18. The van der Waals surface area contributed by atoms with Gasteiger partial charge in [-0.15, -0.1) is 0 Å². The number of anilines is 1. The molecule has 1 aromatic heterocycles. The Morgan fingerprint density at radius 2 is 1.55 bits per heavy atom. The van der Waals surface area contributed by atoms with Gasteiger partial charge in [0.15, 0.2) is 9.84 Å². The Morgan fingerprint density at radius 1 is 0.931 bits per heavy atom. The van der Waals surface area contributed by atoms with Gasteiger partial charge in [-0.25, -0.2) is 13.1 Å². The lowest BCUT2D eigenvalue weighted by Crippen LogP contribution is -2.19. The molecular formula is C22H25N3O3S. The van der Waals surface area contributed by atoms with E-state index >= 15 is 0 Å². The first-order chi connectivity index (χ1) is 13.6. The molecule has 1 N–H and O–H groups in total. The van der Waals surface area contributed by atoms with E-state index in [2.05, 4.69) is 16.5 Å². The first-order valence-corrected chi connectivity index (χ1v) is 11.0. The molecule has 1 heterocycles. The van der Waals surface area contributed by atoms with Crippen molar-refractivity contribution >= 4 is 21.6 Å². The SMILES string of the molecule is Cc1ccc(S(=O)(=O)CCC(=O)Nc2cc(C)nn2-c2cc(C)cc(C)c2)cc1. The number of benzene rings is 2. The van der Waals surface area contributed by atoms with Crippen LogP contribution in [0.4, 0.5) is 5.82 Å². The van der Waals surface area contributed by atoms with Crippen LogP contribution in [0, 0.1) is 27.7 Å². The predicted molar refractivity (Wildman–Crippen MR) is 114 cm³/mol. The van der Waals surface area contributed by atoms with Crippen LogP contribution in [0.25, 0.3) is 5.69 Å². The standard InChI is InChI=1S/C22H25N3O3S/c1-15-5-7-20(8-6-15)29(27,28)10-9-22(26)23-21-14-18(4)24-25(21)19-12-16(2)11-17(3)13-19/h5-8,11-14H,9-10H2,1-4H3,(H,23,26). The second kappa shape index (κ2) is 8.21. The van der Waals surface area contributed by atoms with E-state index in [4.69, 9.17) is 0 Å². The lowest BCUT2D eigenvalue weighted by molar-refractivity contribution is -0.115. The van der Waals surface area contributed by atoms with E-state index < -0.39 is 9.84 Å². The van der Waals surface area contributed by atoms with Gasteiger partial charge in [0.25, 0.3) is 0 Å². The normalized spacial score (nSPS) is 11.4. The number of carbonyl (C=O) groups excluding carboxylic acids is 1. The van der Waals surface area contributed by atoms with Gasteiger partial charge >= 0.3 is 0 Å². The first kappa shape index (κ1) is 20.8. The van der Waals surface area contributed by atoms with Crippen LogP contribution in [0.2, 0.25) is 0 Å². The largest absolute Gasteiger partial charge is 0.311 e. The van der Waals surface area contributed by atoms with Gasteiger partial charge in [0, 0.05) is 12.5 Å². The van der Waals surface area contributed by atoms with Crippen molar-refractivity contribution in [2.45, 2.75) is 39.0 Å². The predicted octanol–water partition coefficient (Wildman–Crippen LogP) is 3.91. The number of aromatic nitrogens is 2. The third-order valence-corrected chi connectivity index (χ3v) is 6.26. The van der Waals surface area contributed by atoms with E-state index in [1.807, 2.05) is 39.8 Å². The van der Waals surface area contributed by atoms with Gasteiger partial charge in [-0.05, 0) is 63.1 Å². The number of carbonyl (C=O) groups is 1. The molecule has 3 aromatic rings. The lowest BCUT2D eigenvalue weighted by Gasteiger charge is -2.11. The lowest BCUT2D eigenvalue weighted by atomic mass is 10.1. The van der Waals surface area contributed by atoms with Gasteiger partial charge in [-0.1, -0.05) is 23.8 Å². The molecule has 0 radical (unpaired) electrons. The topological polar surface area (TPSA) is 81.1 Å². The summed E-state index contributed by atoms with van der Waals surface area (Å²) >= 11 is 0. The highest BCUT2D eigenvalue weighted by atomic mass is 32.2. The summed E-state index contributed by atoms with van der Waals surface area (Å²) < 4.78 is 26.6. The third kappa shape index (κ3) is 5.12. The zero-order chi connectivity index (χ0) is 21.2. The van der Waals surface area contributed by atoms with Crippen molar-refractivity contribution in [3.63, 3.8) is 0 Å². The van der Waals surface area contributed by atoms with Gasteiger partial charge in [0.1, 0.15) is 5.82 Å². The number of nitrogens with one attached hydrogen (secondary N) is 1. The highest BCUT2D eigenvalue weighted by molar-refractivity contribution is 7.91. The fourth-order valence-corrected chi connectivity index (χ4v) is 4.39. The summed E-state index contributed by atoms with van der Waals surface area (Å²) in [5, 5.41) is 7.26. The minimum atomic E-state index is -3.52. The molecule has 0 aliphatic carbocycles. The smallest absolute Gasteiger partial charge is 0.226 e. The Labute approximate surface area is 171 Å². The Kier molecular flexibility index (Phi) is 5.88. The minimum Gasteiger partial charge on any atom is -0.311 e. The van der Waals surface area contributed by atoms with Crippen molar-refractivity contribution in [1.82, 2.24) is 9.78 Å². The summed E-state index contributed by atoms with van der Waals surface area (Å²) in [6.07, 6.45) is -0.132. The quantitative estimate of drug-likeness (QED) is 0.667. The molecule has 1 amide bonds. The average Bonchev–Trinajstić information content (AvgIpc) is 3.00. The van der Waals surface area contributed by atoms with Crippen molar-refractivity contribution in [3.05, 3.63) is 70.9 Å². The molecule has 0 spiro atoms. The van der Waals surface area contributed by atoms with Crippen LogP contribution in [0.5, 0.6) is 0 Å². The summed E-state index contributed by atoms with van der Waals surface area (Å²) in [6.45, 7) is 7.74. The van der Waals surface area contributed by atoms with Crippen LogP contribution in [0.1, 0.15) is 28.8 Å². The molecule has 0 fully saturated rings. The fraction of sp³-hybridized carbons (Fsp3) is 0.273. The second-order valence-corrected chi connectivity index (χ2v) is 9.47. The summed E-state index contributed by atoms with van der Waals surface area (Å²) in [7, 11) is -3.52. The highest BCUT2D eigenvalue weighted by Crippen LogP contribution is 2.20. The van der Waals surface area contributed by atoms with Crippen LogP contribution >= 0.6 is 0 Å². The molecule has 0 bridgehead atoms. The number of amides is 1. The molecule has 0 aliphatic rings. The van der Waals surface area contributed by atoms with Crippen LogP contribution in [-0.2, 0) is 14.6 Å². The van der Waals surface area contributed by atoms with E-state index in [9.17, 15) is 13.2 Å². The van der Waals surface area contributed by atoms with E-state index in [-0.39, 0.29) is 23.0 Å². The second-order valence-electron chi connectivity index (χ2n) is 7.36. The number of rotatable bonds is 6. The van der Waals surface area contributed by atoms with Crippen LogP contribution in [-0.4, -0.2) is 29.9 Å². The van der Waals surface area contributed by atoms with Crippen LogP contribution in [0.3, 0.4) is 0 Å². The molecular weight excluding hydrogens is 386 g/mol. The fourth-order valence-electron chi connectivity index (χ4n) is 3.15. The zero-order valence-electron chi connectivity index (χ0n) is 17.1. The third-order valence-electron chi connectivity index (χ3n) is 4.53. The van der Waals surface area contributed by atoms with E-state index in [0.717, 1.165) is 28.1 Å². The Morgan fingerprint density at radius 3 is 2.17 bits per heavy atom. The Bertz CT molecular complexity index is 1130. The van der Waals surface area contributed by atoms with Gasteiger partial charge in [-0.3, -0.25) is 4.79 Å². The van der Waals surface area contributed by atoms with E-state index in [1.54, 1.807) is 35.0 Å². The van der Waals surface area contributed by atoms with Gasteiger partial charge in [0.2, 0.25) is 5.91 Å². The molecule has 7 heteroatoms. The monoisotopic (exact) mass is 411 g/mol. The molecule has 6 nitrogen and oxygen atoms in total. The maximum atomic E-state index is 12.5. The Hall–Kier alpha value is -2.93. The van der Waals surface area contributed by atoms with Crippen molar-refractivity contribution in [2.75, 3.05) is 11.1 Å². The van der Waals surface area contributed by atoms with Gasteiger partial charge in [0.05, 0.1) is 22.0 Å². The number of hydrogen-bond acceptors (Lipinski definition) is 4. The molecule has 0 saturated carbocycles. The summed E-state index contributed by atoms with van der Waals surface area (Å²) in [5.41, 5.74) is 4.77. The molecule has 29 heavy (non-hydrogen) atoms. The Balaban J connectivity index is 1.74. The molecule has 0 atom stereocenters. The maximum Gasteiger partial charge on any atom is 0.226 e. The van der Waals surface area contributed by atoms with Gasteiger partial charge < -0.3 is 5.32 Å². The van der Waals surface area contributed by atoms with E-state index in [1.165, 1.54) is 0 Å². The van der Waals surface area contributed by atoms with Crippen molar-refractivity contribution in [3.8, 4) is 5.69 Å². The number of aryl methyl sites for hydroxylation is 4. The summed E-state index contributed by atoms with van der Waals surface area (Å²) in [4.78, 5) is 12.7. The molecule has 0 unspecified atom stereocenters. The number of hydrogen-bond donors (Lipinski definition) is 1. The van der Waals surface area contributed by atoms with Crippen LogP contribution in [0.15, 0.2) is 53.4 Å². The average molecular weight is 412 g/mol. The molecule has 2 aromatic carbocycles. The number of sulfone groups is 1. The first-order valence-electron chi connectivity index (χ1n) is 9.39. The molecule has 0 aliphatic heterocycles. The maximum absolute atomic E-state index is 12.5. The zero-order valence-corrected chi connectivity index (χ0v) is 17.9. The number of nitrogens with zero attached hydrogens (tertiary/aromatic N) is 2. The minimum absolute atomic E-state index is 0.132.